The molecule has 46 valence electrons. The Bertz CT molecular complexity index is 88.4. The first kappa shape index (κ1) is 5.83. The summed E-state index contributed by atoms with van der Waals surface area (Å²) in [5, 5.41) is 3.39. The average Bonchev–Trinajstić information content (AvgIpc) is 2.14. The van der Waals surface area contributed by atoms with Gasteiger partial charge >= 0.3 is 0 Å². The molecule has 0 radical (unpaired) electrons. The Balaban J connectivity index is 2.32. The molecule has 1 nitrogen and oxygen atoms in total. The third-order valence-electron chi connectivity index (χ3n) is 1.69. The standard InChI is InChI=1S/C7H13N/c1-3-7-5-4-6(2)8-7/h3,6-8H,1,4-5H2,2H3/t6-,7+/m1/s1. The molecule has 1 aliphatic rings. The monoisotopic (exact) mass is 111 g/mol. The fourth-order valence-electron chi connectivity index (χ4n) is 1.15. The maximum absolute atomic E-state index is 3.71. The maximum Gasteiger partial charge on any atom is 0.0250 e. The van der Waals surface area contributed by atoms with E-state index >= 15 is 0 Å². The van der Waals surface area contributed by atoms with Crippen LogP contribution in [0.1, 0.15) is 19.8 Å². The molecule has 0 aromatic heterocycles. The Kier molecular flexibility index (Phi) is 1.69. The third kappa shape index (κ3) is 1.10. The Morgan fingerprint density at radius 2 is 2.38 bits per heavy atom. The minimum absolute atomic E-state index is 0.588. The van der Waals surface area contributed by atoms with Gasteiger partial charge in [0.05, 0.1) is 0 Å². The lowest BCUT2D eigenvalue weighted by molar-refractivity contribution is 0.627. The van der Waals surface area contributed by atoms with E-state index in [1.807, 2.05) is 6.08 Å². The van der Waals surface area contributed by atoms with Crippen molar-refractivity contribution in [2.24, 2.45) is 0 Å². The van der Waals surface area contributed by atoms with E-state index in [0.717, 1.165) is 0 Å². The van der Waals surface area contributed by atoms with Gasteiger partial charge in [0.1, 0.15) is 0 Å². The molecule has 0 amide bonds. The molecule has 0 aliphatic carbocycles. The number of rotatable bonds is 1. The van der Waals surface area contributed by atoms with E-state index in [9.17, 15) is 0 Å². The molecule has 2 atom stereocenters. The second kappa shape index (κ2) is 2.31. The summed E-state index contributed by atoms with van der Waals surface area (Å²) in [5.41, 5.74) is 0. The first-order valence-corrected chi connectivity index (χ1v) is 3.21. The zero-order valence-corrected chi connectivity index (χ0v) is 5.35. The van der Waals surface area contributed by atoms with Gasteiger partial charge in [-0.15, -0.1) is 6.58 Å². The lowest BCUT2D eigenvalue weighted by atomic mass is 10.2. The van der Waals surface area contributed by atoms with Crippen LogP contribution < -0.4 is 5.32 Å². The predicted molar refractivity (Wildman–Crippen MR) is 35.8 cm³/mol. The van der Waals surface area contributed by atoms with Crippen LogP contribution in [0.3, 0.4) is 0 Å². The molecular weight excluding hydrogens is 98.1 g/mol. The van der Waals surface area contributed by atoms with Gasteiger partial charge in [0.25, 0.3) is 0 Å². The van der Waals surface area contributed by atoms with Gasteiger partial charge in [-0.05, 0) is 19.8 Å². The molecule has 1 heteroatoms. The van der Waals surface area contributed by atoms with Gasteiger partial charge in [0.2, 0.25) is 0 Å². The van der Waals surface area contributed by atoms with Crippen LogP contribution in [-0.4, -0.2) is 12.1 Å². The van der Waals surface area contributed by atoms with Crippen LogP contribution in [0.2, 0.25) is 0 Å². The van der Waals surface area contributed by atoms with Crippen molar-refractivity contribution in [2.75, 3.05) is 0 Å². The molecule has 0 bridgehead atoms. The molecule has 1 aliphatic heterocycles. The fraction of sp³-hybridized carbons (Fsp3) is 0.714. The van der Waals surface area contributed by atoms with Gasteiger partial charge < -0.3 is 5.32 Å². The minimum atomic E-state index is 0.588. The maximum atomic E-state index is 3.71. The van der Waals surface area contributed by atoms with Gasteiger partial charge in [0.15, 0.2) is 0 Å². The second-order valence-electron chi connectivity index (χ2n) is 2.49. The van der Waals surface area contributed by atoms with E-state index < -0.39 is 0 Å². The summed E-state index contributed by atoms with van der Waals surface area (Å²) in [6.07, 6.45) is 4.56. The molecule has 1 fully saturated rings. The normalized spacial score (nSPS) is 37.6. The Morgan fingerprint density at radius 3 is 2.62 bits per heavy atom. The van der Waals surface area contributed by atoms with Crippen LogP contribution in [-0.2, 0) is 0 Å². The first-order valence-electron chi connectivity index (χ1n) is 3.21. The van der Waals surface area contributed by atoms with Crippen molar-refractivity contribution in [3.05, 3.63) is 12.7 Å². The van der Waals surface area contributed by atoms with Crippen LogP contribution in [0, 0.1) is 0 Å². The van der Waals surface area contributed by atoms with Crippen molar-refractivity contribution in [3.8, 4) is 0 Å². The summed E-state index contributed by atoms with van der Waals surface area (Å²) in [6, 6.07) is 1.29. The summed E-state index contributed by atoms with van der Waals surface area (Å²) >= 11 is 0. The van der Waals surface area contributed by atoms with E-state index in [-0.39, 0.29) is 0 Å². The Labute approximate surface area is 50.8 Å². The van der Waals surface area contributed by atoms with Crippen molar-refractivity contribution in [2.45, 2.75) is 31.8 Å². The van der Waals surface area contributed by atoms with Crippen LogP contribution >= 0.6 is 0 Å². The van der Waals surface area contributed by atoms with Crippen molar-refractivity contribution >= 4 is 0 Å². The predicted octanol–water partition coefficient (Wildman–Crippen LogP) is 1.31. The minimum Gasteiger partial charge on any atom is -0.308 e. The van der Waals surface area contributed by atoms with Crippen LogP contribution in [0.4, 0.5) is 0 Å². The topological polar surface area (TPSA) is 12.0 Å². The SMILES string of the molecule is C=C[C@H]1CC[C@@H](C)N1. The highest BCUT2D eigenvalue weighted by Gasteiger charge is 2.15. The average molecular weight is 111 g/mol. The zero-order chi connectivity index (χ0) is 5.98. The smallest absolute Gasteiger partial charge is 0.0250 e. The van der Waals surface area contributed by atoms with Crippen LogP contribution in [0.15, 0.2) is 12.7 Å². The molecule has 0 aromatic carbocycles. The molecule has 1 rings (SSSR count). The highest BCUT2D eigenvalue weighted by atomic mass is 15.0. The van der Waals surface area contributed by atoms with Crippen molar-refractivity contribution in [1.82, 2.24) is 5.32 Å². The molecule has 0 saturated carbocycles. The van der Waals surface area contributed by atoms with E-state index in [1.54, 1.807) is 0 Å². The molecule has 8 heavy (non-hydrogen) atoms. The van der Waals surface area contributed by atoms with Gasteiger partial charge in [0, 0.05) is 12.1 Å². The number of nitrogens with one attached hydrogen (secondary N) is 1. The molecule has 0 aromatic rings. The Morgan fingerprint density at radius 1 is 1.62 bits per heavy atom. The quantitative estimate of drug-likeness (QED) is 0.503. The zero-order valence-electron chi connectivity index (χ0n) is 5.35. The lowest BCUT2D eigenvalue weighted by Crippen LogP contribution is -2.24. The highest BCUT2D eigenvalue weighted by molar-refractivity contribution is 4.92. The van der Waals surface area contributed by atoms with Crippen LogP contribution in [0.25, 0.3) is 0 Å². The summed E-state index contributed by atoms with van der Waals surface area (Å²) in [5.74, 6) is 0. The number of hydrogen-bond acceptors (Lipinski definition) is 1. The summed E-state index contributed by atoms with van der Waals surface area (Å²) in [6.45, 7) is 5.93. The fourth-order valence-corrected chi connectivity index (χ4v) is 1.15. The van der Waals surface area contributed by atoms with Crippen molar-refractivity contribution in [3.63, 3.8) is 0 Å². The summed E-state index contributed by atoms with van der Waals surface area (Å²) in [4.78, 5) is 0. The number of hydrogen-bond donors (Lipinski definition) is 1. The summed E-state index contributed by atoms with van der Waals surface area (Å²) in [7, 11) is 0. The Hall–Kier alpha value is -0.300. The van der Waals surface area contributed by atoms with Crippen molar-refractivity contribution < 1.29 is 0 Å². The van der Waals surface area contributed by atoms with Crippen LogP contribution in [0.5, 0.6) is 0 Å². The highest BCUT2D eigenvalue weighted by Crippen LogP contribution is 2.11. The van der Waals surface area contributed by atoms with E-state index in [1.165, 1.54) is 12.8 Å². The van der Waals surface area contributed by atoms with Gasteiger partial charge in [-0.25, -0.2) is 0 Å². The van der Waals surface area contributed by atoms with Gasteiger partial charge in [-0.2, -0.15) is 0 Å². The molecule has 1 N–H and O–H groups in total. The molecule has 1 heterocycles. The largest absolute Gasteiger partial charge is 0.308 e. The molecule has 0 spiro atoms. The van der Waals surface area contributed by atoms with E-state index in [4.69, 9.17) is 0 Å². The molecular formula is C7H13N. The van der Waals surface area contributed by atoms with Gasteiger partial charge in [-0.3, -0.25) is 0 Å². The third-order valence-corrected chi connectivity index (χ3v) is 1.69. The van der Waals surface area contributed by atoms with Gasteiger partial charge in [-0.1, -0.05) is 6.08 Å². The molecule has 1 saturated heterocycles. The second-order valence-corrected chi connectivity index (χ2v) is 2.49. The lowest BCUT2D eigenvalue weighted by Gasteiger charge is -2.03. The first-order chi connectivity index (χ1) is 3.83. The van der Waals surface area contributed by atoms with Crippen molar-refractivity contribution in [1.29, 1.82) is 0 Å². The summed E-state index contributed by atoms with van der Waals surface area (Å²) < 4.78 is 0. The van der Waals surface area contributed by atoms with E-state index in [0.29, 0.717) is 12.1 Å². The molecule has 0 unspecified atom stereocenters. The van der Waals surface area contributed by atoms with E-state index in [2.05, 4.69) is 18.8 Å².